The fourth-order valence-electron chi connectivity index (χ4n) is 1.26. The van der Waals surface area contributed by atoms with Gasteiger partial charge in [0.05, 0.1) is 11.9 Å². The third-order valence-corrected chi connectivity index (χ3v) is 2.82. The molecule has 0 aliphatic heterocycles. The summed E-state index contributed by atoms with van der Waals surface area (Å²) in [6.45, 7) is 1.92. The number of pyridine rings is 1. The summed E-state index contributed by atoms with van der Waals surface area (Å²) in [5.41, 5.74) is 5.95. The van der Waals surface area contributed by atoms with Crippen LogP contribution in [0.4, 0.5) is 15.6 Å². The highest BCUT2D eigenvalue weighted by Gasteiger charge is 2.17. The van der Waals surface area contributed by atoms with E-state index in [2.05, 4.69) is 9.97 Å². The largest absolute Gasteiger partial charge is 0.351 e. The van der Waals surface area contributed by atoms with Crippen molar-refractivity contribution in [2.75, 3.05) is 4.90 Å². The van der Waals surface area contributed by atoms with Crippen LogP contribution in [-0.2, 0) is 0 Å². The number of urea groups is 1. The van der Waals surface area contributed by atoms with E-state index >= 15 is 0 Å². The van der Waals surface area contributed by atoms with E-state index in [9.17, 15) is 4.79 Å². The molecule has 82 valence electrons. The van der Waals surface area contributed by atoms with E-state index in [-0.39, 0.29) is 0 Å². The third kappa shape index (κ3) is 2.01. The lowest BCUT2D eigenvalue weighted by atomic mass is 10.4. The second kappa shape index (κ2) is 4.28. The fraction of sp³-hybridized carbons (Fsp3) is 0.100. The van der Waals surface area contributed by atoms with Crippen molar-refractivity contribution in [2.45, 2.75) is 6.92 Å². The Hall–Kier alpha value is -1.95. The second-order valence-electron chi connectivity index (χ2n) is 3.14. The molecule has 0 spiro atoms. The van der Waals surface area contributed by atoms with E-state index in [1.807, 2.05) is 6.92 Å². The minimum absolute atomic E-state index is 0.554. The molecule has 0 saturated heterocycles. The van der Waals surface area contributed by atoms with Crippen LogP contribution < -0.4 is 10.6 Å². The highest BCUT2D eigenvalue weighted by molar-refractivity contribution is 7.15. The number of nitrogens with zero attached hydrogens (tertiary/aromatic N) is 3. The van der Waals surface area contributed by atoms with E-state index < -0.39 is 6.03 Å². The van der Waals surface area contributed by atoms with Crippen molar-refractivity contribution in [1.82, 2.24) is 9.97 Å². The summed E-state index contributed by atoms with van der Waals surface area (Å²) < 4.78 is 0. The predicted molar refractivity (Wildman–Crippen MR) is 62.8 cm³/mol. The third-order valence-electron chi connectivity index (χ3n) is 1.92. The Balaban J connectivity index is 2.43. The molecule has 2 N–H and O–H groups in total. The molecule has 0 radical (unpaired) electrons. The van der Waals surface area contributed by atoms with Gasteiger partial charge in [-0.05, 0) is 19.1 Å². The van der Waals surface area contributed by atoms with Gasteiger partial charge in [0.2, 0.25) is 0 Å². The maximum Gasteiger partial charge on any atom is 0.325 e. The van der Waals surface area contributed by atoms with Gasteiger partial charge >= 0.3 is 6.03 Å². The number of nitrogens with two attached hydrogens (primary N) is 1. The first-order chi connectivity index (χ1) is 7.68. The van der Waals surface area contributed by atoms with Crippen molar-refractivity contribution in [1.29, 1.82) is 0 Å². The second-order valence-corrected chi connectivity index (χ2v) is 4.35. The predicted octanol–water partition coefficient (Wildman–Crippen LogP) is 2.06. The number of anilines is 2. The summed E-state index contributed by atoms with van der Waals surface area (Å²) in [6.07, 6.45) is 4.91. The van der Waals surface area contributed by atoms with Crippen LogP contribution in [-0.4, -0.2) is 16.0 Å². The minimum Gasteiger partial charge on any atom is -0.351 e. The van der Waals surface area contributed by atoms with Gasteiger partial charge in [0.25, 0.3) is 0 Å². The molecule has 0 fully saturated rings. The smallest absolute Gasteiger partial charge is 0.325 e. The maximum atomic E-state index is 11.4. The molecule has 0 bridgehead atoms. The number of carbonyl (C=O) groups is 1. The molecule has 0 saturated carbocycles. The van der Waals surface area contributed by atoms with Crippen molar-refractivity contribution in [3.8, 4) is 0 Å². The van der Waals surface area contributed by atoms with Crippen LogP contribution in [0, 0.1) is 6.92 Å². The highest BCUT2D eigenvalue weighted by atomic mass is 32.1. The Bertz CT molecular complexity index is 497. The van der Waals surface area contributed by atoms with Gasteiger partial charge in [-0.3, -0.25) is 4.98 Å². The van der Waals surface area contributed by atoms with Gasteiger partial charge in [-0.1, -0.05) is 0 Å². The molecule has 2 aromatic rings. The van der Waals surface area contributed by atoms with E-state index in [4.69, 9.17) is 5.73 Å². The molecule has 0 atom stereocenters. The van der Waals surface area contributed by atoms with Gasteiger partial charge in [-0.2, -0.15) is 0 Å². The zero-order chi connectivity index (χ0) is 11.5. The van der Waals surface area contributed by atoms with E-state index in [0.717, 1.165) is 4.88 Å². The average molecular weight is 234 g/mol. The summed E-state index contributed by atoms with van der Waals surface area (Å²) in [4.78, 5) is 21.8. The summed E-state index contributed by atoms with van der Waals surface area (Å²) in [5.74, 6) is 0. The summed E-state index contributed by atoms with van der Waals surface area (Å²) in [7, 11) is 0. The molecule has 6 heteroatoms. The Morgan fingerprint density at radius 3 is 2.81 bits per heavy atom. The number of amides is 2. The van der Waals surface area contributed by atoms with Crippen LogP contribution in [0.15, 0.2) is 30.7 Å². The molecule has 0 aliphatic rings. The SMILES string of the molecule is Cc1cnc(N(C(N)=O)c2cccnc2)s1. The molecule has 5 nitrogen and oxygen atoms in total. The van der Waals surface area contributed by atoms with Crippen molar-refractivity contribution in [2.24, 2.45) is 5.73 Å². The van der Waals surface area contributed by atoms with E-state index in [0.29, 0.717) is 10.8 Å². The monoisotopic (exact) mass is 234 g/mol. The van der Waals surface area contributed by atoms with Gasteiger partial charge in [0.15, 0.2) is 5.13 Å². The quantitative estimate of drug-likeness (QED) is 0.864. The van der Waals surface area contributed by atoms with Crippen LogP contribution in [0.3, 0.4) is 0 Å². The Morgan fingerprint density at radius 1 is 1.50 bits per heavy atom. The Labute approximate surface area is 96.6 Å². The Kier molecular flexibility index (Phi) is 2.82. The molecule has 2 rings (SSSR count). The van der Waals surface area contributed by atoms with Gasteiger partial charge in [0.1, 0.15) is 0 Å². The van der Waals surface area contributed by atoms with Gasteiger partial charge in [0, 0.05) is 17.3 Å². The molecule has 0 aromatic carbocycles. The number of thiazole rings is 1. The molecule has 0 unspecified atom stereocenters. The minimum atomic E-state index is -0.567. The fourth-order valence-corrected chi connectivity index (χ4v) is 2.05. The number of primary amides is 1. The maximum absolute atomic E-state index is 11.4. The first-order valence-corrected chi connectivity index (χ1v) is 5.42. The van der Waals surface area contributed by atoms with Gasteiger partial charge in [-0.25, -0.2) is 14.7 Å². The number of hydrogen-bond acceptors (Lipinski definition) is 4. The molecule has 16 heavy (non-hydrogen) atoms. The highest BCUT2D eigenvalue weighted by Crippen LogP contribution is 2.28. The lowest BCUT2D eigenvalue weighted by molar-refractivity contribution is 0.256. The number of aryl methyl sites for hydroxylation is 1. The zero-order valence-electron chi connectivity index (χ0n) is 8.62. The van der Waals surface area contributed by atoms with Crippen molar-refractivity contribution in [3.05, 3.63) is 35.6 Å². The normalized spacial score (nSPS) is 10.1. The summed E-state index contributed by atoms with van der Waals surface area (Å²) >= 11 is 1.41. The average Bonchev–Trinajstić information content (AvgIpc) is 2.66. The topological polar surface area (TPSA) is 72.1 Å². The van der Waals surface area contributed by atoms with Crippen molar-refractivity contribution < 1.29 is 4.79 Å². The number of carbonyl (C=O) groups excluding carboxylic acids is 1. The number of aromatic nitrogens is 2. The first-order valence-electron chi connectivity index (χ1n) is 4.60. The molecule has 2 heterocycles. The van der Waals surface area contributed by atoms with Crippen LogP contribution in [0.25, 0.3) is 0 Å². The van der Waals surface area contributed by atoms with Gasteiger partial charge in [-0.15, -0.1) is 11.3 Å². The summed E-state index contributed by atoms with van der Waals surface area (Å²) in [6, 6.07) is 2.93. The Morgan fingerprint density at radius 2 is 2.31 bits per heavy atom. The molecular weight excluding hydrogens is 224 g/mol. The first kappa shape index (κ1) is 10.6. The van der Waals surface area contributed by atoms with E-state index in [1.54, 1.807) is 30.7 Å². The molecule has 2 amide bonds. The molecule has 0 aliphatic carbocycles. The lowest BCUT2D eigenvalue weighted by Gasteiger charge is -2.16. The molecular formula is C10H10N4OS. The van der Waals surface area contributed by atoms with E-state index in [1.165, 1.54) is 16.2 Å². The standard InChI is InChI=1S/C10H10N4OS/c1-7-5-13-10(16-7)14(9(11)15)8-3-2-4-12-6-8/h2-6H,1H3,(H2,11,15). The van der Waals surface area contributed by atoms with Crippen LogP contribution >= 0.6 is 11.3 Å². The van der Waals surface area contributed by atoms with Crippen LogP contribution in [0.2, 0.25) is 0 Å². The summed E-state index contributed by atoms with van der Waals surface area (Å²) in [5, 5.41) is 0.554. The number of rotatable bonds is 2. The van der Waals surface area contributed by atoms with Crippen molar-refractivity contribution in [3.63, 3.8) is 0 Å². The zero-order valence-corrected chi connectivity index (χ0v) is 9.44. The van der Waals surface area contributed by atoms with Gasteiger partial charge < -0.3 is 5.73 Å². The van der Waals surface area contributed by atoms with Crippen LogP contribution in [0.1, 0.15) is 4.88 Å². The lowest BCUT2D eigenvalue weighted by Crippen LogP contribution is -2.31. The van der Waals surface area contributed by atoms with Crippen molar-refractivity contribution >= 4 is 28.2 Å². The number of hydrogen-bond donors (Lipinski definition) is 1. The van der Waals surface area contributed by atoms with Crippen LogP contribution in [0.5, 0.6) is 0 Å². The molecule has 2 aromatic heterocycles.